The monoisotopic (exact) mass is 422 g/mol. The van der Waals surface area contributed by atoms with Crippen LogP contribution in [0.15, 0.2) is 0 Å². The van der Waals surface area contributed by atoms with Gasteiger partial charge in [-0.05, 0) is 111 Å². The maximum Gasteiger partial charge on any atom is 0.0602 e. The van der Waals surface area contributed by atoms with E-state index in [4.69, 9.17) is 0 Å². The van der Waals surface area contributed by atoms with Gasteiger partial charge < -0.3 is 20.4 Å². The minimum Gasteiger partial charge on any atom is -0.393 e. The molecule has 0 heterocycles. The van der Waals surface area contributed by atoms with Crippen LogP contribution in [0, 0.1) is 46.3 Å². The summed E-state index contributed by atoms with van der Waals surface area (Å²) in [6.45, 7) is 9.06. The Labute approximate surface area is 183 Å². The maximum atomic E-state index is 11.6. The van der Waals surface area contributed by atoms with E-state index in [9.17, 15) is 20.4 Å². The van der Waals surface area contributed by atoms with Gasteiger partial charge in [-0.3, -0.25) is 0 Å². The predicted molar refractivity (Wildman–Crippen MR) is 119 cm³/mol. The lowest BCUT2D eigenvalue weighted by molar-refractivity contribution is -0.207. The Bertz CT molecular complexity index is 610. The summed E-state index contributed by atoms with van der Waals surface area (Å²) in [5, 5.41) is 43.2. The standard InChI is InChI=1S/C26H46O4/c1-5-17(27)7-6-15(2)19-8-9-20-24-21(14-23(30)26(19,20)4)25(3)11-10-18(28)12-16(25)13-22(24)29/h15-24,27-30H,5-14H2,1-4H3/t15-,16-,17+,18-,19-,20+,21+,22-,23+,24+,25+,26-/m1/s1. The van der Waals surface area contributed by atoms with Crippen LogP contribution in [0.3, 0.4) is 0 Å². The average molecular weight is 423 g/mol. The lowest BCUT2D eigenvalue weighted by atomic mass is 9.43. The molecule has 0 aromatic heterocycles. The number of aliphatic hydroxyl groups is 4. The summed E-state index contributed by atoms with van der Waals surface area (Å²) in [5.74, 6) is 2.36. The van der Waals surface area contributed by atoms with Crippen molar-refractivity contribution < 1.29 is 20.4 Å². The summed E-state index contributed by atoms with van der Waals surface area (Å²) in [6.07, 6.45) is 8.20. The number of aliphatic hydroxyl groups excluding tert-OH is 4. The van der Waals surface area contributed by atoms with Gasteiger partial charge in [0.1, 0.15) is 0 Å². The van der Waals surface area contributed by atoms with E-state index in [1.54, 1.807) is 0 Å². The summed E-state index contributed by atoms with van der Waals surface area (Å²) in [4.78, 5) is 0. The van der Waals surface area contributed by atoms with E-state index in [-0.39, 0.29) is 41.2 Å². The Kier molecular flexibility index (Phi) is 6.38. The number of rotatable bonds is 5. The number of hydrogen-bond acceptors (Lipinski definition) is 4. The molecule has 4 saturated carbocycles. The highest BCUT2D eigenvalue weighted by molar-refractivity contribution is 5.14. The van der Waals surface area contributed by atoms with Crippen LogP contribution < -0.4 is 0 Å². The quantitative estimate of drug-likeness (QED) is 0.537. The van der Waals surface area contributed by atoms with Crippen LogP contribution in [0.5, 0.6) is 0 Å². The molecule has 4 aliphatic carbocycles. The van der Waals surface area contributed by atoms with Gasteiger partial charge >= 0.3 is 0 Å². The second kappa shape index (κ2) is 8.32. The van der Waals surface area contributed by atoms with Gasteiger partial charge in [0.15, 0.2) is 0 Å². The Morgan fingerprint density at radius 2 is 1.67 bits per heavy atom. The third-order valence-corrected chi connectivity index (χ3v) is 10.9. The van der Waals surface area contributed by atoms with E-state index < -0.39 is 0 Å². The molecular formula is C26H46O4. The lowest BCUT2D eigenvalue weighted by Crippen LogP contribution is -2.62. The van der Waals surface area contributed by atoms with Gasteiger partial charge in [-0.15, -0.1) is 0 Å². The molecule has 0 aliphatic heterocycles. The van der Waals surface area contributed by atoms with Gasteiger partial charge in [-0.2, -0.15) is 0 Å². The zero-order chi connectivity index (χ0) is 21.8. The van der Waals surface area contributed by atoms with Crippen molar-refractivity contribution in [3.63, 3.8) is 0 Å². The average Bonchev–Trinajstić information content (AvgIpc) is 3.06. The first-order valence-electron chi connectivity index (χ1n) is 12.8. The SMILES string of the molecule is CC[C@H](O)CC[C@@H](C)[C@H]1CC[C@H]2[C@@H]3[C@H](O)C[C@H]4C[C@H](O)CC[C@]4(C)[C@H]3C[C@H](O)[C@]12C. The van der Waals surface area contributed by atoms with Gasteiger partial charge in [0, 0.05) is 0 Å². The zero-order valence-corrected chi connectivity index (χ0v) is 19.6. The molecule has 4 heteroatoms. The Morgan fingerprint density at radius 1 is 0.933 bits per heavy atom. The maximum absolute atomic E-state index is 11.6. The van der Waals surface area contributed by atoms with Crippen molar-refractivity contribution >= 4 is 0 Å². The van der Waals surface area contributed by atoms with E-state index in [0.717, 1.165) is 64.2 Å². The summed E-state index contributed by atoms with van der Waals surface area (Å²) in [5.41, 5.74) is 0.0104. The van der Waals surface area contributed by atoms with E-state index in [1.165, 1.54) is 0 Å². The van der Waals surface area contributed by atoms with Gasteiger partial charge in [-0.25, -0.2) is 0 Å². The van der Waals surface area contributed by atoms with Crippen LogP contribution in [0.1, 0.15) is 91.9 Å². The third-order valence-electron chi connectivity index (χ3n) is 10.9. The van der Waals surface area contributed by atoms with Crippen molar-refractivity contribution in [2.24, 2.45) is 46.3 Å². The highest BCUT2D eigenvalue weighted by Gasteiger charge is 2.65. The third kappa shape index (κ3) is 3.49. The van der Waals surface area contributed by atoms with Crippen molar-refractivity contribution in [1.29, 1.82) is 0 Å². The van der Waals surface area contributed by atoms with Crippen LogP contribution >= 0.6 is 0 Å². The first-order valence-corrected chi connectivity index (χ1v) is 12.8. The van der Waals surface area contributed by atoms with Crippen molar-refractivity contribution in [2.45, 2.75) is 116 Å². The van der Waals surface area contributed by atoms with E-state index in [1.807, 2.05) is 6.92 Å². The molecular weight excluding hydrogens is 376 g/mol. The molecule has 0 radical (unpaired) electrons. The molecule has 4 aliphatic rings. The van der Waals surface area contributed by atoms with E-state index in [0.29, 0.717) is 29.6 Å². The van der Waals surface area contributed by atoms with Gasteiger partial charge in [0.2, 0.25) is 0 Å². The van der Waals surface area contributed by atoms with Crippen molar-refractivity contribution in [3.8, 4) is 0 Å². The van der Waals surface area contributed by atoms with Crippen molar-refractivity contribution in [1.82, 2.24) is 0 Å². The smallest absolute Gasteiger partial charge is 0.0602 e. The molecule has 174 valence electrons. The number of fused-ring (bicyclic) bond motifs is 5. The predicted octanol–water partition coefficient (Wildman–Crippen LogP) is 4.14. The molecule has 0 saturated heterocycles. The van der Waals surface area contributed by atoms with Crippen molar-refractivity contribution in [3.05, 3.63) is 0 Å². The Hall–Kier alpha value is -0.160. The van der Waals surface area contributed by atoms with Crippen LogP contribution in [0.4, 0.5) is 0 Å². The molecule has 12 atom stereocenters. The van der Waals surface area contributed by atoms with Gasteiger partial charge in [-0.1, -0.05) is 27.7 Å². The second-order valence-electron chi connectivity index (χ2n) is 12.1. The first-order chi connectivity index (χ1) is 14.1. The van der Waals surface area contributed by atoms with Crippen LogP contribution in [0.25, 0.3) is 0 Å². The first kappa shape index (κ1) is 23.0. The Balaban J connectivity index is 1.57. The molecule has 0 aromatic rings. The molecule has 0 amide bonds. The largest absolute Gasteiger partial charge is 0.393 e. The minimum absolute atomic E-state index is 0.129. The molecule has 0 aromatic carbocycles. The summed E-state index contributed by atoms with van der Waals surface area (Å²) in [6, 6.07) is 0. The topological polar surface area (TPSA) is 80.9 Å². The second-order valence-corrected chi connectivity index (χ2v) is 12.1. The van der Waals surface area contributed by atoms with Gasteiger partial charge in [0.25, 0.3) is 0 Å². The molecule has 0 bridgehead atoms. The highest BCUT2D eigenvalue weighted by atomic mass is 16.3. The van der Waals surface area contributed by atoms with Crippen LogP contribution in [-0.4, -0.2) is 44.8 Å². The zero-order valence-electron chi connectivity index (χ0n) is 19.6. The Morgan fingerprint density at radius 3 is 2.37 bits per heavy atom. The minimum atomic E-state index is -0.315. The summed E-state index contributed by atoms with van der Waals surface area (Å²) < 4.78 is 0. The molecule has 30 heavy (non-hydrogen) atoms. The normalized spacial score (nSPS) is 52.8. The lowest BCUT2D eigenvalue weighted by Gasteiger charge is -2.63. The fraction of sp³-hybridized carbons (Fsp3) is 1.00. The van der Waals surface area contributed by atoms with Crippen molar-refractivity contribution in [2.75, 3.05) is 0 Å². The molecule has 4 N–H and O–H groups in total. The number of hydrogen-bond donors (Lipinski definition) is 4. The summed E-state index contributed by atoms with van der Waals surface area (Å²) >= 11 is 0. The summed E-state index contributed by atoms with van der Waals surface area (Å²) in [7, 11) is 0. The molecule has 0 spiro atoms. The molecule has 4 fully saturated rings. The highest BCUT2D eigenvalue weighted by Crippen LogP contribution is 2.68. The van der Waals surface area contributed by atoms with E-state index >= 15 is 0 Å². The molecule has 4 nitrogen and oxygen atoms in total. The van der Waals surface area contributed by atoms with Crippen LogP contribution in [0.2, 0.25) is 0 Å². The fourth-order valence-corrected chi connectivity index (χ4v) is 8.99. The van der Waals surface area contributed by atoms with Crippen LogP contribution in [-0.2, 0) is 0 Å². The fourth-order valence-electron chi connectivity index (χ4n) is 8.99. The molecule has 4 rings (SSSR count). The van der Waals surface area contributed by atoms with E-state index in [2.05, 4.69) is 20.8 Å². The van der Waals surface area contributed by atoms with Gasteiger partial charge in [0.05, 0.1) is 24.4 Å². The molecule has 0 unspecified atom stereocenters.